The van der Waals surface area contributed by atoms with E-state index in [-0.39, 0.29) is 23.1 Å². The van der Waals surface area contributed by atoms with Crippen LogP contribution in [0.2, 0.25) is 0 Å². The highest BCUT2D eigenvalue weighted by molar-refractivity contribution is 9.10. The molecule has 0 bridgehead atoms. The van der Waals surface area contributed by atoms with Gasteiger partial charge in [-0.15, -0.1) is 0 Å². The van der Waals surface area contributed by atoms with Gasteiger partial charge in [0.05, 0.1) is 23.2 Å². The number of rotatable bonds is 4. The minimum atomic E-state index is -0.703. The highest BCUT2D eigenvalue weighted by atomic mass is 79.9. The Morgan fingerprint density at radius 2 is 2.00 bits per heavy atom. The Kier molecular flexibility index (Phi) is 5.47. The van der Waals surface area contributed by atoms with Crippen molar-refractivity contribution in [1.82, 2.24) is 0 Å². The molecule has 0 saturated carbocycles. The van der Waals surface area contributed by atoms with Gasteiger partial charge >= 0.3 is 5.97 Å². The molecule has 1 atom stereocenters. The molecule has 4 nitrogen and oxygen atoms in total. The van der Waals surface area contributed by atoms with E-state index in [0.29, 0.717) is 0 Å². The zero-order valence-corrected chi connectivity index (χ0v) is 12.5. The van der Waals surface area contributed by atoms with Crippen LogP contribution in [0.1, 0.15) is 24.2 Å². The van der Waals surface area contributed by atoms with Gasteiger partial charge in [0.2, 0.25) is 5.91 Å². The van der Waals surface area contributed by atoms with Gasteiger partial charge in [0, 0.05) is 0 Å². The van der Waals surface area contributed by atoms with Crippen molar-refractivity contribution in [1.29, 1.82) is 0 Å². The molecule has 1 rings (SSSR count). The van der Waals surface area contributed by atoms with Crippen molar-refractivity contribution in [3.8, 4) is 0 Å². The van der Waals surface area contributed by atoms with E-state index in [1.165, 1.54) is 19.2 Å². The van der Waals surface area contributed by atoms with Crippen LogP contribution in [-0.2, 0) is 9.53 Å². The Balaban J connectivity index is 3.01. The third-order valence-corrected chi connectivity index (χ3v) is 3.95. The van der Waals surface area contributed by atoms with Gasteiger partial charge < -0.3 is 10.1 Å². The van der Waals surface area contributed by atoms with Gasteiger partial charge in [-0.3, -0.25) is 4.79 Å². The molecule has 1 aromatic carbocycles. The zero-order valence-electron chi connectivity index (χ0n) is 10.9. The molecular formula is C13H15BrFNO3. The topological polar surface area (TPSA) is 55.4 Å². The maximum absolute atomic E-state index is 13.1. The number of hydrogen-bond acceptors (Lipinski definition) is 3. The van der Waals surface area contributed by atoms with Crippen LogP contribution in [0.3, 0.4) is 0 Å². The van der Waals surface area contributed by atoms with Crippen molar-refractivity contribution in [3.63, 3.8) is 0 Å². The molecule has 19 heavy (non-hydrogen) atoms. The fraction of sp³-hybridized carbons (Fsp3) is 0.385. The smallest absolute Gasteiger partial charge is 0.340 e. The summed E-state index contributed by atoms with van der Waals surface area (Å²) in [6.45, 7) is 3.76. The van der Waals surface area contributed by atoms with Gasteiger partial charge in [0.15, 0.2) is 0 Å². The quantitative estimate of drug-likeness (QED) is 0.681. The van der Waals surface area contributed by atoms with Crippen molar-refractivity contribution in [2.75, 3.05) is 12.4 Å². The summed E-state index contributed by atoms with van der Waals surface area (Å²) >= 11 is 3.26. The van der Waals surface area contributed by atoms with Crippen LogP contribution in [0, 0.1) is 11.7 Å². The number of benzene rings is 1. The monoisotopic (exact) mass is 331 g/mol. The number of ether oxygens (including phenoxy) is 1. The second-order valence-electron chi connectivity index (χ2n) is 4.32. The number of nitrogens with one attached hydrogen (secondary N) is 1. The first kappa shape index (κ1) is 15.6. The molecule has 0 aromatic heterocycles. The first-order valence-corrected chi connectivity index (χ1v) is 6.61. The average Bonchev–Trinajstić information content (AvgIpc) is 2.38. The standard InChI is InChI=1S/C13H15BrFNO3/c1-7(2)11(14)12(17)16-10-5-4-8(15)6-9(10)13(18)19-3/h4-7,11H,1-3H3,(H,16,17). The SMILES string of the molecule is COC(=O)c1cc(F)ccc1NC(=O)C(Br)C(C)C. The fourth-order valence-electron chi connectivity index (χ4n) is 1.41. The first-order chi connectivity index (χ1) is 8.86. The van der Waals surface area contributed by atoms with E-state index in [9.17, 15) is 14.0 Å². The van der Waals surface area contributed by atoms with E-state index in [1.54, 1.807) is 0 Å². The lowest BCUT2D eigenvalue weighted by molar-refractivity contribution is -0.116. The summed E-state index contributed by atoms with van der Waals surface area (Å²) in [5, 5.41) is 2.58. The second kappa shape index (κ2) is 6.65. The summed E-state index contributed by atoms with van der Waals surface area (Å²) in [6.07, 6.45) is 0. The van der Waals surface area contributed by atoms with Crippen molar-refractivity contribution in [2.45, 2.75) is 18.7 Å². The molecule has 0 spiro atoms. The molecule has 0 fully saturated rings. The van der Waals surface area contributed by atoms with Crippen LogP contribution in [0.4, 0.5) is 10.1 Å². The molecule has 0 radical (unpaired) electrons. The summed E-state index contributed by atoms with van der Waals surface area (Å²) < 4.78 is 17.7. The largest absolute Gasteiger partial charge is 0.465 e. The molecule has 0 heterocycles. The molecule has 1 unspecified atom stereocenters. The molecule has 0 aliphatic rings. The number of anilines is 1. The third kappa shape index (κ3) is 4.02. The number of alkyl halides is 1. The Bertz CT molecular complexity index is 491. The van der Waals surface area contributed by atoms with E-state index in [1.807, 2.05) is 13.8 Å². The number of amides is 1. The third-order valence-electron chi connectivity index (χ3n) is 2.48. The average molecular weight is 332 g/mol. The van der Waals surface area contributed by atoms with Crippen LogP contribution in [0.5, 0.6) is 0 Å². The first-order valence-electron chi connectivity index (χ1n) is 5.69. The minimum Gasteiger partial charge on any atom is -0.465 e. The van der Waals surface area contributed by atoms with Crippen molar-refractivity contribution >= 4 is 33.5 Å². The molecule has 0 saturated heterocycles. The van der Waals surface area contributed by atoms with Gasteiger partial charge in [-0.25, -0.2) is 9.18 Å². The van der Waals surface area contributed by atoms with Gasteiger partial charge in [0.25, 0.3) is 0 Å². The lowest BCUT2D eigenvalue weighted by atomic mass is 10.1. The van der Waals surface area contributed by atoms with Crippen LogP contribution in [0.25, 0.3) is 0 Å². The van der Waals surface area contributed by atoms with E-state index in [4.69, 9.17) is 0 Å². The number of methoxy groups -OCH3 is 1. The lowest BCUT2D eigenvalue weighted by Gasteiger charge is -2.15. The summed E-state index contributed by atoms with van der Waals surface area (Å²) in [4.78, 5) is 23.0. The second-order valence-corrected chi connectivity index (χ2v) is 5.30. The Labute approximate surface area is 119 Å². The predicted octanol–water partition coefficient (Wildman–Crippen LogP) is 2.97. The molecule has 6 heteroatoms. The van der Waals surface area contributed by atoms with Crippen molar-refractivity contribution in [2.24, 2.45) is 5.92 Å². The summed E-state index contributed by atoms with van der Waals surface area (Å²) in [7, 11) is 1.19. The number of carbonyl (C=O) groups excluding carboxylic acids is 2. The fourth-order valence-corrected chi connectivity index (χ4v) is 1.52. The Hall–Kier alpha value is -1.43. The molecule has 1 amide bonds. The van der Waals surface area contributed by atoms with Crippen LogP contribution in [0.15, 0.2) is 18.2 Å². The van der Waals surface area contributed by atoms with E-state index < -0.39 is 16.6 Å². The number of carbonyl (C=O) groups is 2. The van der Waals surface area contributed by atoms with Gasteiger partial charge in [-0.2, -0.15) is 0 Å². The number of hydrogen-bond donors (Lipinski definition) is 1. The van der Waals surface area contributed by atoms with Crippen molar-refractivity contribution in [3.05, 3.63) is 29.6 Å². The highest BCUT2D eigenvalue weighted by Gasteiger charge is 2.21. The lowest BCUT2D eigenvalue weighted by Crippen LogP contribution is -2.27. The number of halogens is 2. The Morgan fingerprint density at radius 3 is 2.53 bits per heavy atom. The van der Waals surface area contributed by atoms with Crippen LogP contribution >= 0.6 is 15.9 Å². The molecule has 1 N–H and O–H groups in total. The highest BCUT2D eigenvalue weighted by Crippen LogP contribution is 2.20. The Morgan fingerprint density at radius 1 is 1.37 bits per heavy atom. The molecule has 0 aliphatic carbocycles. The van der Waals surface area contributed by atoms with Gasteiger partial charge in [-0.1, -0.05) is 29.8 Å². The van der Waals surface area contributed by atoms with Crippen molar-refractivity contribution < 1.29 is 18.7 Å². The van der Waals surface area contributed by atoms with E-state index in [2.05, 4.69) is 26.0 Å². The summed E-state index contributed by atoms with van der Waals surface area (Å²) in [6, 6.07) is 3.53. The van der Waals surface area contributed by atoms with Crippen LogP contribution in [-0.4, -0.2) is 23.8 Å². The maximum Gasteiger partial charge on any atom is 0.340 e. The molecule has 104 valence electrons. The van der Waals surface area contributed by atoms with Gasteiger partial charge in [0.1, 0.15) is 5.82 Å². The number of esters is 1. The molecular weight excluding hydrogens is 317 g/mol. The molecule has 0 aliphatic heterocycles. The van der Waals surface area contributed by atoms with Gasteiger partial charge in [-0.05, 0) is 24.1 Å². The van der Waals surface area contributed by atoms with E-state index >= 15 is 0 Å². The maximum atomic E-state index is 13.1. The van der Waals surface area contributed by atoms with E-state index in [0.717, 1.165) is 6.07 Å². The predicted molar refractivity (Wildman–Crippen MR) is 73.9 cm³/mol. The summed E-state index contributed by atoms with van der Waals surface area (Å²) in [5.74, 6) is -1.49. The van der Waals surface area contributed by atoms with Crippen LogP contribution < -0.4 is 5.32 Å². The normalized spacial score (nSPS) is 12.1. The summed E-state index contributed by atoms with van der Waals surface area (Å²) in [5.41, 5.74) is 0.211. The minimum absolute atomic E-state index is 0.0145. The zero-order chi connectivity index (χ0) is 14.6. The molecule has 1 aromatic rings.